The average Bonchev–Trinajstić information content (AvgIpc) is 2.94. The number of hydrogen-bond acceptors (Lipinski definition) is 5. The van der Waals surface area contributed by atoms with Crippen LogP contribution in [-0.2, 0) is 11.8 Å². The minimum absolute atomic E-state index is 0.0960. The van der Waals surface area contributed by atoms with Crippen LogP contribution in [0.4, 0.5) is 5.69 Å². The molecule has 0 saturated carbocycles. The molecule has 1 amide bonds. The molecular weight excluding hydrogens is 342 g/mol. The number of benzene rings is 2. The van der Waals surface area contributed by atoms with Crippen LogP contribution in [0.2, 0.25) is 0 Å². The molecule has 0 radical (unpaired) electrons. The first-order chi connectivity index (χ1) is 12.1. The Labute approximate surface area is 147 Å². The number of nitrogens with zero attached hydrogens (tertiary/aromatic N) is 1. The van der Waals surface area contributed by atoms with Crippen molar-refractivity contribution >= 4 is 23.4 Å². The number of aryl methyl sites for hydroxylation is 1. The number of hydrogen-bond donors (Lipinski definition) is 2. The summed E-state index contributed by atoms with van der Waals surface area (Å²) in [6, 6.07) is 16.5. The van der Waals surface area contributed by atoms with Crippen LogP contribution in [0, 0.1) is 0 Å². The fourth-order valence-corrected chi connectivity index (χ4v) is 2.78. The lowest BCUT2D eigenvalue weighted by atomic mass is 10.3. The third-order valence-electron chi connectivity index (χ3n) is 3.21. The van der Waals surface area contributed by atoms with Gasteiger partial charge in [-0.3, -0.25) is 9.32 Å². The smallest absolute Gasteiger partial charge is 0.441 e. The molecule has 0 atom stereocenters. The van der Waals surface area contributed by atoms with Crippen LogP contribution in [0.5, 0.6) is 11.5 Å². The van der Waals surface area contributed by atoms with Crippen molar-refractivity contribution < 1.29 is 18.7 Å². The molecule has 1 aromatic heterocycles. The van der Waals surface area contributed by atoms with E-state index < -0.39 is 5.63 Å². The highest BCUT2D eigenvalue weighted by molar-refractivity contribution is 7.99. The van der Waals surface area contributed by atoms with Gasteiger partial charge in [-0.2, -0.15) is 0 Å². The Kier molecular flexibility index (Phi) is 5.20. The lowest BCUT2D eigenvalue weighted by molar-refractivity contribution is -0.772. The van der Waals surface area contributed by atoms with Crippen molar-refractivity contribution in [1.82, 2.24) is 5.27 Å². The van der Waals surface area contributed by atoms with Gasteiger partial charge in [-0.05, 0) is 53.4 Å². The lowest BCUT2D eigenvalue weighted by Crippen LogP contribution is -2.34. The molecular formula is C17H16N3O4S+. The number of aromatic nitrogens is 2. The topological polar surface area (TPSA) is 88.2 Å². The average molecular weight is 358 g/mol. The SMILES string of the molecule is C[n+]1[nH]oc(=O)c1SCC(=O)Nc1ccc(Oc2ccccc2)cc1. The zero-order chi connectivity index (χ0) is 17.6. The first-order valence-corrected chi connectivity index (χ1v) is 8.43. The Morgan fingerprint density at radius 2 is 1.84 bits per heavy atom. The Morgan fingerprint density at radius 1 is 1.16 bits per heavy atom. The molecule has 0 spiro atoms. The summed E-state index contributed by atoms with van der Waals surface area (Å²) >= 11 is 1.10. The summed E-state index contributed by atoms with van der Waals surface area (Å²) in [5, 5.41) is 5.50. The number of carbonyl (C=O) groups excluding carboxylic acids is 1. The van der Waals surface area contributed by atoms with Gasteiger partial charge in [0, 0.05) is 5.69 Å². The van der Waals surface area contributed by atoms with Crippen LogP contribution >= 0.6 is 11.8 Å². The van der Waals surface area contributed by atoms with Gasteiger partial charge >= 0.3 is 10.7 Å². The fourth-order valence-electron chi connectivity index (χ4n) is 2.05. The monoisotopic (exact) mass is 358 g/mol. The zero-order valence-electron chi connectivity index (χ0n) is 13.4. The highest BCUT2D eigenvalue weighted by Gasteiger charge is 2.19. The predicted molar refractivity (Wildman–Crippen MR) is 92.8 cm³/mol. The van der Waals surface area contributed by atoms with Gasteiger partial charge in [-0.1, -0.05) is 22.9 Å². The highest BCUT2D eigenvalue weighted by atomic mass is 32.2. The van der Waals surface area contributed by atoms with Crippen LogP contribution in [0.1, 0.15) is 0 Å². The summed E-state index contributed by atoms with van der Waals surface area (Å²) in [4.78, 5) is 23.4. The quantitative estimate of drug-likeness (QED) is 0.521. The molecule has 128 valence electrons. The summed E-state index contributed by atoms with van der Waals surface area (Å²) in [6.07, 6.45) is 0. The second-order valence-corrected chi connectivity index (χ2v) is 6.09. The van der Waals surface area contributed by atoms with Crippen molar-refractivity contribution in [2.24, 2.45) is 7.05 Å². The van der Waals surface area contributed by atoms with Crippen molar-refractivity contribution in [2.75, 3.05) is 11.1 Å². The number of para-hydroxylation sites is 1. The van der Waals surface area contributed by atoms with Gasteiger partial charge < -0.3 is 10.1 Å². The molecule has 2 aromatic carbocycles. The Morgan fingerprint density at radius 3 is 2.48 bits per heavy atom. The number of aromatic amines is 1. The molecule has 3 aromatic rings. The second-order valence-electron chi connectivity index (χ2n) is 5.12. The largest absolute Gasteiger partial charge is 0.457 e. The molecule has 0 bridgehead atoms. The van der Waals surface area contributed by atoms with E-state index in [0.717, 1.165) is 17.5 Å². The third-order valence-corrected chi connectivity index (χ3v) is 4.33. The van der Waals surface area contributed by atoms with Gasteiger partial charge in [0.05, 0.1) is 5.75 Å². The van der Waals surface area contributed by atoms with Crippen molar-refractivity contribution in [3.63, 3.8) is 0 Å². The van der Waals surface area contributed by atoms with Gasteiger partial charge in [0.1, 0.15) is 11.5 Å². The van der Waals surface area contributed by atoms with Crippen molar-refractivity contribution in [2.45, 2.75) is 5.03 Å². The Balaban J connectivity index is 1.54. The zero-order valence-corrected chi connectivity index (χ0v) is 14.2. The molecule has 1 heterocycles. The first-order valence-electron chi connectivity index (χ1n) is 7.45. The fraction of sp³-hybridized carbons (Fsp3) is 0.118. The molecule has 0 saturated heterocycles. The minimum atomic E-state index is -0.497. The number of rotatable bonds is 6. The van der Waals surface area contributed by atoms with Crippen LogP contribution in [0.3, 0.4) is 0 Å². The number of H-pyrrole nitrogens is 1. The van der Waals surface area contributed by atoms with E-state index in [1.54, 1.807) is 31.3 Å². The molecule has 2 N–H and O–H groups in total. The predicted octanol–water partition coefficient (Wildman–Crippen LogP) is 2.32. The number of anilines is 1. The maximum absolute atomic E-state index is 12.0. The molecule has 0 aliphatic rings. The molecule has 8 heteroatoms. The summed E-state index contributed by atoms with van der Waals surface area (Å²) in [6.45, 7) is 0. The van der Waals surface area contributed by atoms with E-state index >= 15 is 0 Å². The molecule has 0 aliphatic carbocycles. The van der Waals surface area contributed by atoms with Crippen molar-refractivity contribution in [3.05, 3.63) is 65.0 Å². The Hall–Kier alpha value is -3.00. The summed E-state index contributed by atoms with van der Waals surface area (Å²) in [7, 11) is 1.64. The van der Waals surface area contributed by atoms with E-state index in [0.29, 0.717) is 16.5 Å². The van der Waals surface area contributed by atoms with Gasteiger partial charge in [0.2, 0.25) is 5.91 Å². The van der Waals surface area contributed by atoms with Gasteiger partial charge in [-0.15, -0.1) is 0 Å². The summed E-state index contributed by atoms with van der Waals surface area (Å²) in [5.74, 6) is 1.30. The maximum Gasteiger partial charge on any atom is 0.441 e. The van der Waals surface area contributed by atoms with E-state index in [1.807, 2.05) is 30.3 Å². The van der Waals surface area contributed by atoms with E-state index in [2.05, 4.69) is 15.1 Å². The van der Waals surface area contributed by atoms with Gasteiger partial charge in [0.15, 0.2) is 7.05 Å². The normalized spacial score (nSPS) is 10.4. The number of carbonyl (C=O) groups is 1. The second kappa shape index (κ2) is 7.71. The van der Waals surface area contributed by atoms with Crippen molar-refractivity contribution in [3.8, 4) is 11.5 Å². The van der Waals surface area contributed by atoms with Crippen LogP contribution in [0.25, 0.3) is 0 Å². The first kappa shape index (κ1) is 16.8. The van der Waals surface area contributed by atoms with E-state index in [9.17, 15) is 9.59 Å². The number of amides is 1. The highest BCUT2D eigenvalue weighted by Crippen LogP contribution is 2.22. The molecule has 3 rings (SSSR count). The summed E-state index contributed by atoms with van der Waals surface area (Å²) in [5.41, 5.74) is 0.152. The lowest BCUT2D eigenvalue weighted by Gasteiger charge is -2.07. The van der Waals surface area contributed by atoms with Gasteiger partial charge in [0.25, 0.3) is 0 Å². The van der Waals surface area contributed by atoms with Crippen LogP contribution in [0.15, 0.2) is 68.9 Å². The minimum Gasteiger partial charge on any atom is -0.457 e. The molecule has 25 heavy (non-hydrogen) atoms. The summed E-state index contributed by atoms with van der Waals surface area (Å²) < 4.78 is 11.7. The molecule has 0 aliphatic heterocycles. The van der Waals surface area contributed by atoms with E-state index in [4.69, 9.17) is 4.74 Å². The van der Waals surface area contributed by atoms with E-state index in [1.165, 1.54) is 4.68 Å². The molecule has 0 fully saturated rings. The number of nitrogens with one attached hydrogen (secondary N) is 2. The van der Waals surface area contributed by atoms with Gasteiger partial charge in [-0.25, -0.2) is 4.79 Å². The standard InChI is InChI=1S/C17H15N3O4S/c1-20-16(17(22)24-19-20)25-11-15(21)18-12-7-9-14(10-8-12)23-13-5-3-2-4-6-13/h2-10H,11H2,1H3,(H-,18,19,21,22)/p+1. The van der Waals surface area contributed by atoms with Crippen molar-refractivity contribution in [1.29, 1.82) is 0 Å². The molecule has 0 unspecified atom stereocenters. The van der Waals surface area contributed by atoms with Crippen LogP contribution in [-0.4, -0.2) is 16.9 Å². The Bertz CT molecular complexity index is 904. The van der Waals surface area contributed by atoms with E-state index in [-0.39, 0.29) is 11.7 Å². The van der Waals surface area contributed by atoms with Crippen LogP contribution < -0.4 is 20.4 Å². The number of ether oxygens (including phenoxy) is 1. The maximum atomic E-state index is 12.0. The third kappa shape index (κ3) is 4.51. The number of thioether (sulfide) groups is 1. The molecule has 7 nitrogen and oxygen atoms in total.